The van der Waals surface area contributed by atoms with E-state index in [2.05, 4.69) is 0 Å². The van der Waals surface area contributed by atoms with Gasteiger partial charge in [0.15, 0.2) is 11.6 Å². The van der Waals surface area contributed by atoms with Crippen LogP contribution < -0.4 is 0 Å². The monoisotopic (exact) mass is 348 g/mol. The predicted octanol–water partition coefficient (Wildman–Crippen LogP) is 3.03. The second-order valence-electron chi connectivity index (χ2n) is 6.17. The van der Waals surface area contributed by atoms with Crippen LogP contribution in [-0.2, 0) is 0 Å². The zero-order chi connectivity index (χ0) is 18.7. The highest BCUT2D eigenvalue weighted by Gasteiger charge is 2.36. The molecule has 0 bridgehead atoms. The second-order valence-corrected chi connectivity index (χ2v) is 6.17. The van der Waals surface area contributed by atoms with E-state index in [0.717, 1.165) is 0 Å². The highest BCUT2D eigenvalue weighted by atomic mass is 16.4. The van der Waals surface area contributed by atoms with E-state index in [1.807, 2.05) is 0 Å². The summed E-state index contributed by atoms with van der Waals surface area (Å²) in [5.74, 6) is -3.31. The third kappa shape index (κ3) is 1.89. The number of rotatable bonds is 1. The van der Waals surface area contributed by atoms with Gasteiger partial charge < -0.3 is 15.3 Å². The number of benzene rings is 3. The van der Waals surface area contributed by atoms with Crippen LogP contribution in [-0.4, -0.2) is 32.9 Å². The molecule has 0 aromatic heterocycles. The first-order valence-electron chi connectivity index (χ1n) is 7.77. The van der Waals surface area contributed by atoms with Gasteiger partial charge in [-0.25, -0.2) is 4.79 Å². The van der Waals surface area contributed by atoms with E-state index in [1.54, 1.807) is 19.1 Å². The fourth-order valence-corrected chi connectivity index (χ4v) is 3.43. The number of carbonyl (C=O) groups excluding carboxylic acids is 2. The molecule has 3 N–H and O–H groups in total. The van der Waals surface area contributed by atoms with Gasteiger partial charge in [0, 0.05) is 21.9 Å². The molecule has 0 fully saturated rings. The lowest BCUT2D eigenvalue weighted by Crippen LogP contribution is -2.21. The topological polar surface area (TPSA) is 112 Å². The smallest absolute Gasteiger partial charge is 0.335 e. The zero-order valence-electron chi connectivity index (χ0n) is 13.5. The molecule has 4 rings (SSSR count). The Labute approximate surface area is 146 Å². The Balaban J connectivity index is 2.16. The summed E-state index contributed by atoms with van der Waals surface area (Å²) in [6, 6.07) is 8.73. The van der Waals surface area contributed by atoms with E-state index in [-0.39, 0.29) is 38.6 Å². The van der Waals surface area contributed by atoms with E-state index in [9.17, 15) is 29.7 Å². The first-order chi connectivity index (χ1) is 12.3. The lowest BCUT2D eigenvalue weighted by molar-refractivity contribution is 0.0696. The SMILES string of the molecule is Cc1cc2c(O)c3c(c(O)c2cc1C(=O)O)C(=O)c1ccccc1C3=O. The van der Waals surface area contributed by atoms with Gasteiger partial charge >= 0.3 is 5.97 Å². The maximum Gasteiger partial charge on any atom is 0.335 e. The molecule has 128 valence electrons. The number of fused-ring (bicyclic) bond motifs is 3. The maximum absolute atomic E-state index is 12.8. The molecule has 0 heterocycles. The van der Waals surface area contributed by atoms with Crippen LogP contribution in [0.25, 0.3) is 10.8 Å². The van der Waals surface area contributed by atoms with Gasteiger partial charge in [0.2, 0.25) is 0 Å². The number of hydrogen-bond acceptors (Lipinski definition) is 5. The van der Waals surface area contributed by atoms with Gasteiger partial charge in [-0.2, -0.15) is 0 Å². The lowest BCUT2D eigenvalue weighted by Gasteiger charge is -2.21. The van der Waals surface area contributed by atoms with E-state index >= 15 is 0 Å². The van der Waals surface area contributed by atoms with Gasteiger partial charge in [-0.1, -0.05) is 24.3 Å². The first-order valence-corrected chi connectivity index (χ1v) is 7.77. The molecule has 1 aliphatic carbocycles. The standard InChI is InChI=1S/C20H12O6/c1-8-6-12-13(7-11(8)20(25)26)19(24)15-14(18(12)23)16(21)9-4-2-3-5-10(9)17(15)22/h2-7,23-24H,1H3,(H,25,26). The molecule has 0 saturated heterocycles. The Kier molecular flexibility index (Phi) is 3.14. The van der Waals surface area contributed by atoms with Crippen LogP contribution in [0.3, 0.4) is 0 Å². The number of phenols is 2. The molecule has 1 aliphatic rings. The molecular weight excluding hydrogens is 336 g/mol. The van der Waals surface area contributed by atoms with Crippen molar-refractivity contribution >= 4 is 28.3 Å². The number of aromatic hydroxyl groups is 2. The van der Waals surface area contributed by atoms with Crippen molar-refractivity contribution in [2.24, 2.45) is 0 Å². The third-order valence-corrected chi connectivity index (χ3v) is 4.70. The minimum Gasteiger partial charge on any atom is -0.506 e. The van der Waals surface area contributed by atoms with Crippen LogP contribution in [0.15, 0.2) is 36.4 Å². The van der Waals surface area contributed by atoms with Gasteiger partial charge in [0.05, 0.1) is 16.7 Å². The van der Waals surface area contributed by atoms with Crippen LogP contribution in [0, 0.1) is 6.92 Å². The highest BCUT2D eigenvalue weighted by Crippen LogP contribution is 2.44. The summed E-state index contributed by atoms with van der Waals surface area (Å²) in [5.41, 5.74) is -0.000570. The van der Waals surface area contributed by atoms with Crippen molar-refractivity contribution in [1.82, 2.24) is 0 Å². The van der Waals surface area contributed by atoms with Gasteiger partial charge in [-0.05, 0) is 24.6 Å². The Morgan fingerprint density at radius 1 is 0.846 bits per heavy atom. The molecule has 6 heteroatoms. The van der Waals surface area contributed by atoms with Crippen molar-refractivity contribution in [3.8, 4) is 11.5 Å². The number of hydrogen-bond donors (Lipinski definition) is 3. The molecule has 6 nitrogen and oxygen atoms in total. The molecule has 0 unspecified atom stereocenters. The summed E-state index contributed by atoms with van der Waals surface area (Å²) < 4.78 is 0. The van der Waals surface area contributed by atoms with Crippen LogP contribution in [0.5, 0.6) is 11.5 Å². The van der Waals surface area contributed by atoms with Crippen molar-refractivity contribution in [3.63, 3.8) is 0 Å². The Morgan fingerprint density at radius 3 is 1.77 bits per heavy atom. The minimum absolute atomic E-state index is 0.00443. The summed E-state index contributed by atoms with van der Waals surface area (Å²) >= 11 is 0. The van der Waals surface area contributed by atoms with Crippen molar-refractivity contribution in [1.29, 1.82) is 0 Å². The molecule has 3 aromatic carbocycles. The number of phenolic OH excluding ortho intramolecular Hbond substituents is 2. The molecule has 0 aliphatic heterocycles. The first kappa shape index (κ1) is 15.8. The van der Waals surface area contributed by atoms with E-state index in [1.165, 1.54) is 24.3 Å². The highest BCUT2D eigenvalue weighted by molar-refractivity contribution is 6.32. The van der Waals surface area contributed by atoms with Crippen LogP contribution in [0.2, 0.25) is 0 Å². The summed E-state index contributed by atoms with van der Waals surface area (Å²) in [7, 11) is 0. The van der Waals surface area contributed by atoms with Crippen molar-refractivity contribution in [3.05, 3.63) is 69.8 Å². The van der Waals surface area contributed by atoms with Gasteiger partial charge in [0.1, 0.15) is 11.5 Å². The van der Waals surface area contributed by atoms with E-state index in [0.29, 0.717) is 5.56 Å². The molecule has 0 atom stereocenters. The normalized spacial score (nSPS) is 12.8. The number of aromatic carboxylic acids is 1. The molecule has 26 heavy (non-hydrogen) atoms. The predicted molar refractivity (Wildman–Crippen MR) is 92.3 cm³/mol. The Hall–Kier alpha value is -3.67. The summed E-state index contributed by atoms with van der Waals surface area (Å²) in [6.45, 7) is 1.54. The Bertz CT molecular complexity index is 1170. The van der Waals surface area contributed by atoms with Crippen LogP contribution in [0.1, 0.15) is 47.8 Å². The summed E-state index contributed by atoms with van der Waals surface area (Å²) in [6.07, 6.45) is 0. The lowest BCUT2D eigenvalue weighted by atomic mass is 9.81. The third-order valence-electron chi connectivity index (χ3n) is 4.70. The van der Waals surface area contributed by atoms with Crippen molar-refractivity contribution < 1.29 is 29.7 Å². The van der Waals surface area contributed by atoms with Crippen LogP contribution >= 0.6 is 0 Å². The summed E-state index contributed by atoms with van der Waals surface area (Å²) in [5, 5.41) is 30.7. The molecule has 0 saturated carbocycles. The fourth-order valence-electron chi connectivity index (χ4n) is 3.43. The summed E-state index contributed by atoms with van der Waals surface area (Å²) in [4.78, 5) is 37.0. The Morgan fingerprint density at radius 2 is 1.31 bits per heavy atom. The van der Waals surface area contributed by atoms with Gasteiger partial charge in [-0.15, -0.1) is 0 Å². The second kappa shape index (κ2) is 5.16. The fraction of sp³-hybridized carbons (Fsp3) is 0.0500. The molecule has 0 spiro atoms. The maximum atomic E-state index is 12.8. The average Bonchev–Trinajstić information content (AvgIpc) is 2.62. The number of aryl methyl sites for hydroxylation is 1. The van der Waals surface area contributed by atoms with E-state index in [4.69, 9.17) is 0 Å². The molecule has 0 radical (unpaired) electrons. The minimum atomic E-state index is -1.20. The quantitative estimate of drug-likeness (QED) is 0.456. The largest absolute Gasteiger partial charge is 0.506 e. The van der Waals surface area contributed by atoms with Crippen molar-refractivity contribution in [2.75, 3.05) is 0 Å². The van der Waals surface area contributed by atoms with Crippen molar-refractivity contribution in [2.45, 2.75) is 6.92 Å². The van der Waals surface area contributed by atoms with Gasteiger partial charge in [-0.3, -0.25) is 9.59 Å². The van der Waals surface area contributed by atoms with Gasteiger partial charge in [0.25, 0.3) is 0 Å². The van der Waals surface area contributed by atoms with E-state index < -0.39 is 29.0 Å². The number of ketones is 2. The number of carbonyl (C=O) groups is 3. The zero-order valence-corrected chi connectivity index (χ0v) is 13.5. The number of carboxylic acids is 1. The molecule has 0 amide bonds. The average molecular weight is 348 g/mol. The molecular formula is C20H12O6. The van der Waals surface area contributed by atoms with Crippen LogP contribution in [0.4, 0.5) is 0 Å². The molecule has 3 aromatic rings. The number of carboxylic acid groups (broad SMARTS) is 1.